The minimum absolute atomic E-state index is 0.439. The van der Waals surface area contributed by atoms with E-state index in [-0.39, 0.29) is 0 Å². The number of fused-ring (bicyclic) bond motifs is 1. The van der Waals surface area contributed by atoms with Crippen LogP contribution in [0.4, 0.5) is 5.69 Å². The first-order valence-electron chi connectivity index (χ1n) is 5.93. The van der Waals surface area contributed by atoms with Crippen LogP contribution in [0, 0.1) is 13.8 Å². The second-order valence-electron chi connectivity index (χ2n) is 4.72. The molecular formula is C14H18ClN3. The number of aromatic nitrogens is 1. The zero-order valence-corrected chi connectivity index (χ0v) is 12.0. The molecule has 3 nitrogen and oxygen atoms in total. The summed E-state index contributed by atoms with van der Waals surface area (Å²) < 4.78 is 0. The SMILES string of the molecule is Cc1c(CN)nc2c(C)ccc(Cl)c2c1N(C)C. The van der Waals surface area contributed by atoms with Gasteiger partial charge in [0.15, 0.2) is 0 Å². The molecule has 0 atom stereocenters. The van der Waals surface area contributed by atoms with Crippen LogP contribution < -0.4 is 10.6 Å². The lowest BCUT2D eigenvalue weighted by molar-refractivity contribution is 0.973. The van der Waals surface area contributed by atoms with Crippen molar-refractivity contribution in [2.24, 2.45) is 5.73 Å². The highest BCUT2D eigenvalue weighted by atomic mass is 35.5. The molecule has 0 aliphatic rings. The first-order chi connectivity index (χ1) is 8.47. The van der Waals surface area contributed by atoms with Crippen LogP contribution in [-0.2, 0) is 6.54 Å². The van der Waals surface area contributed by atoms with E-state index in [1.807, 2.05) is 40.1 Å². The lowest BCUT2D eigenvalue weighted by Gasteiger charge is -2.21. The zero-order chi connectivity index (χ0) is 13.4. The molecule has 0 unspecified atom stereocenters. The average molecular weight is 264 g/mol. The molecule has 0 bridgehead atoms. The highest BCUT2D eigenvalue weighted by Crippen LogP contribution is 2.36. The minimum Gasteiger partial charge on any atom is -0.377 e. The first kappa shape index (κ1) is 13.1. The molecule has 18 heavy (non-hydrogen) atoms. The first-order valence-corrected chi connectivity index (χ1v) is 6.30. The van der Waals surface area contributed by atoms with E-state index in [0.29, 0.717) is 6.54 Å². The van der Waals surface area contributed by atoms with Crippen LogP contribution in [0.3, 0.4) is 0 Å². The molecule has 2 N–H and O–H groups in total. The van der Waals surface area contributed by atoms with Crippen LogP contribution in [0.15, 0.2) is 12.1 Å². The highest BCUT2D eigenvalue weighted by molar-refractivity contribution is 6.36. The number of nitrogens with two attached hydrogens (primary N) is 1. The van der Waals surface area contributed by atoms with Crippen LogP contribution >= 0.6 is 11.6 Å². The molecule has 1 heterocycles. The molecule has 0 saturated heterocycles. The Morgan fingerprint density at radius 3 is 2.50 bits per heavy atom. The summed E-state index contributed by atoms with van der Waals surface area (Å²) in [6, 6.07) is 3.92. The predicted molar refractivity (Wildman–Crippen MR) is 78.4 cm³/mol. The third-order valence-corrected chi connectivity index (χ3v) is 3.56. The summed E-state index contributed by atoms with van der Waals surface area (Å²) in [7, 11) is 4.03. The van der Waals surface area contributed by atoms with Gasteiger partial charge in [0.05, 0.1) is 21.9 Å². The Morgan fingerprint density at radius 2 is 1.94 bits per heavy atom. The van der Waals surface area contributed by atoms with Gasteiger partial charge in [0.1, 0.15) is 0 Å². The van der Waals surface area contributed by atoms with Gasteiger partial charge in [-0.2, -0.15) is 0 Å². The lowest BCUT2D eigenvalue weighted by Crippen LogP contribution is -2.15. The summed E-state index contributed by atoms with van der Waals surface area (Å²) in [5.41, 5.74) is 11.0. The standard InChI is InChI=1S/C14H18ClN3/c1-8-5-6-10(15)12-13(8)17-11(7-16)9(2)14(12)18(3)4/h5-6H,7,16H2,1-4H3. The van der Waals surface area contributed by atoms with Gasteiger partial charge in [-0.25, -0.2) is 0 Å². The maximum Gasteiger partial charge on any atom is 0.0771 e. The number of halogens is 1. The van der Waals surface area contributed by atoms with Crippen molar-refractivity contribution in [3.63, 3.8) is 0 Å². The summed E-state index contributed by atoms with van der Waals surface area (Å²) in [4.78, 5) is 6.73. The summed E-state index contributed by atoms with van der Waals surface area (Å²) in [5, 5.41) is 1.75. The lowest BCUT2D eigenvalue weighted by atomic mass is 10.0. The number of nitrogens with zero attached hydrogens (tertiary/aromatic N) is 2. The molecule has 0 saturated carbocycles. The second-order valence-corrected chi connectivity index (χ2v) is 5.13. The monoisotopic (exact) mass is 263 g/mol. The number of hydrogen-bond donors (Lipinski definition) is 1. The third-order valence-electron chi connectivity index (χ3n) is 3.24. The molecule has 0 aliphatic carbocycles. The smallest absolute Gasteiger partial charge is 0.0771 e. The molecule has 0 fully saturated rings. The van der Waals surface area contributed by atoms with Crippen molar-refractivity contribution in [3.8, 4) is 0 Å². The van der Waals surface area contributed by atoms with Gasteiger partial charge in [-0.05, 0) is 31.0 Å². The molecule has 2 rings (SSSR count). The van der Waals surface area contributed by atoms with Crippen LogP contribution in [0.25, 0.3) is 10.9 Å². The van der Waals surface area contributed by atoms with Crippen LogP contribution in [0.2, 0.25) is 5.02 Å². The van der Waals surface area contributed by atoms with Gasteiger partial charge in [0, 0.05) is 26.0 Å². The van der Waals surface area contributed by atoms with E-state index in [2.05, 4.69) is 9.88 Å². The van der Waals surface area contributed by atoms with Gasteiger partial charge in [-0.1, -0.05) is 17.7 Å². The quantitative estimate of drug-likeness (QED) is 0.906. The Labute approximate surface area is 113 Å². The van der Waals surface area contributed by atoms with Crippen molar-refractivity contribution < 1.29 is 0 Å². The van der Waals surface area contributed by atoms with Gasteiger partial charge >= 0.3 is 0 Å². The fourth-order valence-electron chi connectivity index (χ4n) is 2.34. The predicted octanol–water partition coefficient (Wildman–Crippen LogP) is 3.03. The normalized spacial score (nSPS) is 11.0. The molecule has 0 radical (unpaired) electrons. The average Bonchev–Trinajstić information content (AvgIpc) is 2.33. The zero-order valence-electron chi connectivity index (χ0n) is 11.2. The van der Waals surface area contributed by atoms with E-state index in [0.717, 1.165) is 38.4 Å². The van der Waals surface area contributed by atoms with Gasteiger partial charge in [0.25, 0.3) is 0 Å². The summed E-state index contributed by atoms with van der Waals surface area (Å²) in [6.07, 6.45) is 0. The van der Waals surface area contributed by atoms with Gasteiger partial charge < -0.3 is 10.6 Å². The Kier molecular flexibility index (Phi) is 3.46. The van der Waals surface area contributed by atoms with Gasteiger partial charge in [-0.3, -0.25) is 4.98 Å². The topological polar surface area (TPSA) is 42.1 Å². The Morgan fingerprint density at radius 1 is 1.28 bits per heavy atom. The fourth-order valence-corrected chi connectivity index (χ4v) is 2.58. The van der Waals surface area contributed by atoms with Gasteiger partial charge in [0.2, 0.25) is 0 Å². The molecule has 0 spiro atoms. The maximum absolute atomic E-state index is 6.35. The molecule has 4 heteroatoms. The van der Waals surface area contributed by atoms with E-state index in [1.54, 1.807) is 0 Å². The minimum atomic E-state index is 0.439. The van der Waals surface area contributed by atoms with Crippen molar-refractivity contribution in [2.75, 3.05) is 19.0 Å². The van der Waals surface area contributed by atoms with E-state index in [9.17, 15) is 0 Å². The van der Waals surface area contributed by atoms with Crippen molar-refractivity contribution in [2.45, 2.75) is 20.4 Å². The highest BCUT2D eigenvalue weighted by Gasteiger charge is 2.16. The molecule has 1 aromatic carbocycles. The summed E-state index contributed by atoms with van der Waals surface area (Å²) in [6.45, 7) is 4.53. The van der Waals surface area contributed by atoms with Crippen molar-refractivity contribution in [1.29, 1.82) is 0 Å². The number of anilines is 1. The van der Waals surface area contributed by atoms with Crippen molar-refractivity contribution in [1.82, 2.24) is 4.98 Å². The third kappa shape index (κ3) is 1.93. The van der Waals surface area contributed by atoms with Gasteiger partial charge in [-0.15, -0.1) is 0 Å². The van der Waals surface area contributed by atoms with Crippen LogP contribution in [0.1, 0.15) is 16.8 Å². The Hall–Kier alpha value is -1.32. The van der Waals surface area contributed by atoms with Crippen molar-refractivity contribution in [3.05, 3.63) is 34.0 Å². The Balaban J connectivity index is 3.00. The number of aryl methyl sites for hydroxylation is 1. The largest absolute Gasteiger partial charge is 0.377 e. The Bertz CT molecular complexity index is 606. The van der Waals surface area contributed by atoms with E-state index < -0.39 is 0 Å². The number of rotatable bonds is 2. The number of pyridine rings is 1. The summed E-state index contributed by atoms with van der Waals surface area (Å²) in [5.74, 6) is 0. The second kappa shape index (κ2) is 4.75. The van der Waals surface area contributed by atoms with Crippen LogP contribution in [0.5, 0.6) is 0 Å². The number of hydrogen-bond acceptors (Lipinski definition) is 3. The fraction of sp³-hybridized carbons (Fsp3) is 0.357. The van der Waals surface area contributed by atoms with E-state index in [1.165, 1.54) is 0 Å². The van der Waals surface area contributed by atoms with Crippen molar-refractivity contribution >= 4 is 28.2 Å². The molecule has 2 aromatic rings. The number of benzene rings is 1. The molecule has 96 valence electrons. The maximum atomic E-state index is 6.35. The van der Waals surface area contributed by atoms with Crippen LogP contribution in [-0.4, -0.2) is 19.1 Å². The molecule has 0 amide bonds. The van der Waals surface area contributed by atoms with E-state index in [4.69, 9.17) is 17.3 Å². The molecule has 1 aromatic heterocycles. The summed E-state index contributed by atoms with van der Waals surface area (Å²) >= 11 is 6.35. The molecule has 0 aliphatic heterocycles. The van der Waals surface area contributed by atoms with E-state index >= 15 is 0 Å². The molecular weight excluding hydrogens is 246 g/mol.